The van der Waals surface area contributed by atoms with E-state index in [0.717, 1.165) is 48.5 Å². The molecule has 25 heavy (non-hydrogen) atoms. The molecular formula is C21H21NO3. The van der Waals surface area contributed by atoms with Gasteiger partial charge in [-0.15, -0.1) is 0 Å². The van der Waals surface area contributed by atoms with Crippen LogP contribution in [0, 0.1) is 17.8 Å². The fourth-order valence-electron chi connectivity index (χ4n) is 2.68. The molecule has 1 fully saturated rings. The van der Waals surface area contributed by atoms with E-state index in [0.29, 0.717) is 12.5 Å². The normalized spacial score (nSPS) is 14.9. The number of hydrogen-bond acceptors (Lipinski definition) is 4. The van der Waals surface area contributed by atoms with Crippen LogP contribution in [0.2, 0.25) is 0 Å². The third-order valence-corrected chi connectivity index (χ3v) is 4.10. The van der Waals surface area contributed by atoms with Crippen molar-refractivity contribution in [1.29, 1.82) is 0 Å². The summed E-state index contributed by atoms with van der Waals surface area (Å²) in [6, 6.07) is 15.6. The van der Waals surface area contributed by atoms with Crippen molar-refractivity contribution in [1.82, 2.24) is 0 Å². The Kier molecular flexibility index (Phi) is 6.08. The molecule has 0 unspecified atom stereocenters. The number of benzene rings is 2. The summed E-state index contributed by atoms with van der Waals surface area (Å²) in [5.41, 5.74) is 2.67. The lowest BCUT2D eigenvalue weighted by Crippen LogP contribution is -2.13. The van der Waals surface area contributed by atoms with Crippen LogP contribution in [0.5, 0.6) is 5.75 Å². The van der Waals surface area contributed by atoms with Crippen molar-refractivity contribution >= 4 is 6.21 Å². The molecule has 2 aromatic carbocycles. The lowest BCUT2D eigenvalue weighted by molar-refractivity contribution is 0.0807. The second-order valence-corrected chi connectivity index (χ2v) is 5.92. The lowest BCUT2D eigenvalue weighted by Gasteiger charge is -2.16. The second kappa shape index (κ2) is 8.91. The molecule has 0 amide bonds. The van der Waals surface area contributed by atoms with E-state index in [4.69, 9.17) is 14.7 Å². The third kappa shape index (κ3) is 5.10. The maximum Gasteiger partial charge on any atom is 0.120 e. The Balaban J connectivity index is 1.72. The first-order chi connectivity index (χ1) is 12.3. The van der Waals surface area contributed by atoms with Crippen LogP contribution in [0.1, 0.15) is 29.5 Å². The largest absolute Gasteiger partial charge is 0.489 e. The quantitative estimate of drug-likeness (QED) is 0.400. The lowest BCUT2D eigenvalue weighted by atomic mass is 10.00. The van der Waals surface area contributed by atoms with Crippen LogP contribution in [0.15, 0.2) is 53.7 Å². The molecule has 0 saturated carbocycles. The van der Waals surface area contributed by atoms with Crippen molar-refractivity contribution in [2.45, 2.75) is 19.4 Å². The number of nitrogens with zero attached hydrogens (tertiary/aromatic N) is 1. The van der Waals surface area contributed by atoms with Crippen LogP contribution >= 0.6 is 0 Å². The third-order valence-electron chi connectivity index (χ3n) is 4.10. The van der Waals surface area contributed by atoms with E-state index in [1.807, 2.05) is 48.5 Å². The summed E-state index contributed by atoms with van der Waals surface area (Å²) in [5.74, 6) is 7.59. The molecule has 4 nitrogen and oxygen atoms in total. The smallest absolute Gasteiger partial charge is 0.120 e. The fraction of sp³-hybridized carbons (Fsp3) is 0.286. The first-order valence-corrected chi connectivity index (χ1v) is 8.42. The summed E-state index contributed by atoms with van der Waals surface area (Å²) in [6.07, 6.45) is 3.33. The summed E-state index contributed by atoms with van der Waals surface area (Å²) < 4.78 is 11.2. The minimum absolute atomic E-state index is 0.363. The van der Waals surface area contributed by atoms with Crippen LogP contribution in [0.4, 0.5) is 0 Å². The van der Waals surface area contributed by atoms with Crippen LogP contribution in [-0.2, 0) is 11.3 Å². The van der Waals surface area contributed by atoms with Crippen molar-refractivity contribution in [2.75, 3.05) is 13.2 Å². The predicted octanol–water partition coefficient (Wildman–Crippen LogP) is 3.85. The Hall–Kier alpha value is -2.77. The van der Waals surface area contributed by atoms with E-state index in [1.165, 1.54) is 6.21 Å². The van der Waals surface area contributed by atoms with Crippen molar-refractivity contribution in [2.24, 2.45) is 11.1 Å². The highest BCUT2D eigenvalue weighted by molar-refractivity contribution is 5.83. The summed E-state index contributed by atoms with van der Waals surface area (Å²) in [5, 5.41) is 12.1. The fourth-order valence-corrected chi connectivity index (χ4v) is 2.68. The highest BCUT2D eigenvalue weighted by atomic mass is 16.5. The van der Waals surface area contributed by atoms with Gasteiger partial charge in [-0.05, 0) is 36.6 Å². The highest BCUT2D eigenvalue weighted by Crippen LogP contribution is 2.19. The zero-order valence-corrected chi connectivity index (χ0v) is 14.0. The molecule has 3 rings (SSSR count). The van der Waals surface area contributed by atoms with Gasteiger partial charge in [0.2, 0.25) is 0 Å². The summed E-state index contributed by atoms with van der Waals surface area (Å²) >= 11 is 0. The first kappa shape index (κ1) is 17.1. The monoisotopic (exact) mass is 335 g/mol. The van der Waals surface area contributed by atoms with Gasteiger partial charge in [-0.2, -0.15) is 0 Å². The number of oxime groups is 1. The Morgan fingerprint density at radius 2 is 1.96 bits per heavy atom. The van der Waals surface area contributed by atoms with E-state index >= 15 is 0 Å². The van der Waals surface area contributed by atoms with Gasteiger partial charge in [0.15, 0.2) is 0 Å². The zero-order valence-electron chi connectivity index (χ0n) is 14.0. The average molecular weight is 335 g/mol. The minimum Gasteiger partial charge on any atom is -0.489 e. The molecule has 0 aliphatic carbocycles. The summed E-state index contributed by atoms with van der Waals surface area (Å²) in [4.78, 5) is 0. The van der Waals surface area contributed by atoms with Gasteiger partial charge in [0.25, 0.3) is 0 Å². The SMILES string of the molecule is O/N=C/c1cc(OCc2ccccc2)ccc1C#CC1CCOCC1. The Morgan fingerprint density at radius 1 is 1.16 bits per heavy atom. The molecular weight excluding hydrogens is 314 g/mol. The molecule has 1 saturated heterocycles. The van der Waals surface area contributed by atoms with Crippen LogP contribution in [0.3, 0.4) is 0 Å². The van der Waals surface area contributed by atoms with Crippen LogP contribution in [-0.4, -0.2) is 24.6 Å². The molecule has 4 heteroatoms. The van der Waals surface area contributed by atoms with E-state index in [9.17, 15) is 0 Å². The predicted molar refractivity (Wildman–Crippen MR) is 97.0 cm³/mol. The number of hydrogen-bond donors (Lipinski definition) is 1. The molecule has 0 atom stereocenters. The van der Waals surface area contributed by atoms with Crippen molar-refractivity contribution < 1.29 is 14.7 Å². The first-order valence-electron chi connectivity index (χ1n) is 8.42. The second-order valence-electron chi connectivity index (χ2n) is 5.92. The summed E-state index contributed by atoms with van der Waals surface area (Å²) in [6.45, 7) is 2.04. The van der Waals surface area contributed by atoms with E-state index in [-0.39, 0.29) is 0 Å². The van der Waals surface area contributed by atoms with Crippen molar-refractivity contribution in [3.05, 3.63) is 65.2 Å². The van der Waals surface area contributed by atoms with Crippen LogP contribution < -0.4 is 4.74 Å². The van der Waals surface area contributed by atoms with Gasteiger partial charge in [0, 0.05) is 30.3 Å². The van der Waals surface area contributed by atoms with Gasteiger partial charge in [0.05, 0.1) is 6.21 Å². The molecule has 0 bridgehead atoms. The molecule has 128 valence electrons. The molecule has 1 N–H and O–H groups in total. The maximum atomic E-state index is 8.92. The molecule has 0 radical (unpaired) electrons. The molecule has 0 aromatic heterocycles. The Labute approximate surface area is 148 Å². The molecule has 0 spiro atoms. The van der Waals surface area contributed by atoms with Gasteiger partial charge in [-0.25, -0.2) is 0 Å². The van der Waals surface area contributed by atoms with Gasteiger partial charge in [-0.1, -0.05) is 47.3 Å². The number of ether oxygens (including phenoxy) is 2. The van der Waals surface area contributed by atoms with Crippen LogP contribution in [0.25, 0.3) is 0 Å². The van der Waals surface area contributed by atoms with E-state index < -0.39 is 0 Å². The number of rotatable bonds is 4. The minimum atomic E-state index is 0.363. The van der Waals surface area contributed by atoms with Crippen molar-refractivity contribution in [3.8, 4) is 17.6 Å². The van der Waals surface area contributed by atoms with E-state index in [1.54, 1.807) is 0 Å². The Morgan fingerprint density at radius 3 is 2.72 bits per heavy atom. The average Bonchev–Trinajstić information content (AvgIpc) is 2.67. The van der Waals surface area contributed by atoms with E-state index in [2.05, 4.69) is 17.0 Å². The van der Waals surface area contributed by atoms with Gasteiger partial charge < -0.3 is 14.7 Å². The van der Waals surface area contributed by atoms with Gasteiger partial charge in [-0.3, -0.25) is 0 Å². The molecule has 1 heterocycles. The standard InChI is InChI=1S/C21H21NO3/c23-22-15-20-14-21(25-16-18-4-2-1-3-5-18)9-8-19(20)7-6-17-10-12-24-13-11-17/h1-5,8-9,14-15,17,23H,10-13,16H2/b22-15+. The molecule has 1 aliphatic rings. The Bertz CT molecular complexity index is 769. The topological polar surface area (TPSA) is 51.1 Å². The highest BCUT2D eigenvalue weighted by Gasteiger charge is 2.10. The van der Waals surface area contributed by atoms with Gasteiger partial charge in [0.1, 0.15) is 12.4 Å². The van der Waals surface area contributed by atoms with Crippen molar-refractivity contribution in [3.63, 3.8) is 0 Å². The maximum absolute atomic E-state index is 8.92. The summed E-state index contributed by atoms with van der Waals surface area (Å²) in [7, 11) is 0. The van der Waals surface area contributed by atoms with Gasteiger partial charge >= 0.3 is 0 Å². The zero-order chi connectivity index (χ0) is 17.3. The molecule has 1 aliphatic heterocycles. The molecule has 2 aromatic rings.